The van der Waals surface area contributed by atoms with Gasteiger partial charge in [0.1, 0.15) is 0 Å². The molecule has 4 nitrogen and oxygen atoms in total. The summed E-state index contributed by atoms with van der Waals surface area (Å²) in [6.07, 6.45) is 3.55. The molecule has 1 aromatic rings. The van der Waals surface area contributed by atoms with Crippen LogP contribution in [0.15, 0.2) is 29.2 Å². The molecule has 0 aliphatic heterocycles. The standard InChI is InChI=1S/C12H18N2O2/c15-11-7-10(8-11)9-13-4-6-14-5-2-1-3-12(14)16/h1-3,5,10-11,13,15H,4,6-9H2. The first kappa shape index (κ1) is 11.4. The van der Waals surface area contributed by atoms with Crippen molar-refractivity contribution in [3.05, 3.63) is 34.7 Å². The van der Waals surface area contributed by atoms with Crippen molar-refractivity contribution in [2.45, 2.75) is 25.5 Å². The molecule has 2 rings (SSSR count). The average Bonchev–Trinajstić information content (AvgIpc) is 2.23. The summed E-state index contributed by atoms with van der Waals surface area (Å²) in [5.74, 6) is 0.613. The Bertz CT molecular complexity index is 383. The molecule has 88 valence electrons. The number of nitrogens with one attached hydrogen (secondary N) is 1. The summed E-state index contributed by atoms with van der Waals surface area (Å²) in [5.41, 5.74) is 0.0448. The molecular formula is C12H18N2O2. The van der Waals surface area contributed by atoms with Gasteiger partial charge in [0.25, 0.3) is 5.56 Å². The van der Waals surface area contributed by atoms with Crippen molar-refractivity contribution in [3.63, 3.8) is 0 Å². The molecule has 1 aliphatic carbocycles. The maximum atomic E-state index is 11.4. The van der Waals surface area contributed by atoms with Crippen LogP contribution in [0.4, 0.5) is 0 Å². The lowest BCUT2D eigenvalue weighted by atomic mass is 9.82. The second kappa shape index (κ2) is 5.27. The molecule has 0 spiro atoms. The fourth-order valence-electron chi connectivity index (χ4n) is 2.02. The third kappa shape index (κ3) is 2.93. The Morgan fingerprint density at radius 2 is 2.25 bits per heavy atom. The fraction of sp³-hybridized carbons (Fsp3) is 0.583. The predicted molar refractivity (Wildman–Crippen MR) is 62.3 cm³/mol. The number of aliphatic hydroxyl groups is 1. The molecule has 0 saturated heterocycles. The third-order valence-corrected chi connectivity index (χ3v) is 3.07. The van der Waals surface area contributed by atoms with E-state index >= 15 is 0 Å². The van der Waals surface area contributed by atoms with E-state index in [9.17, 15) is 4.79 Å². The highest BCUT2D eigenvalue weighted by Gasteiger charge is 2.26. The van der Waals surface area contributed by atoms with E-state index < -0.39 is 0 Å². The van der Waals surface area contributed by atoms with Crippen LogP contribution in [-0.4, -0.2) is 28.9 Å². The van der Waals surface area contributed by atoms with Crippen molar-refractivity contribution in [3.8, 4) is 0 Å². The molecule has 0 aromatic carbocycles. The van der Waals surface area contributed by atoms with E-state index in [1.54, 1.807) is 22.9 Å². The van der Waals surface area contributed by atoms with Crippen molar-refractivity contribution in [2.24, 2.45) is 5.92 Å². The second-order valence-corrected chi connectivity index (χ2v) is 4.43. The molecule has 1 heterocycles. The summed E-state index contributed by atoms with van der Waals surface area (Å²) in [5, 5.41) is 12.4. The smallest absolute Gasteiger partial charge is 0.250 e. The Kier molecular flexibility index (Phi) is 3.74. The summed E-state index contributed by atoms with van der Waals surface area (Å²) in [4.78, 5) is 11.4. The number of aliphatic hydroxyl groups excluding tert-OH is 1. The van der Waals surface area contributed by atoms with E-state index in [-0.39, 0.29) is 11.7 Å². The molecule has 16 heavy (non-hydrogen) atoms. The Labute approximate surface area is 94.9 Å². The Morgan fingerprint density at radius 3 is 2.94 bits per heavy atom. The zero-order valence-corrected chi connectivity index (χ0v) is 9.30. The summed E-state index contributed by atoms with van der Waals surface area (Å²) >= 11 is 0. The minimum Gasteiger partial charge on any atom is -0.393 e. The highest BCUT2D eigenvalue weighted by molar-refractivity contribution is 4.93. The van der Waals surface area contributed by atoms with E-state index in [1.165, 1.54) is 0 Å². The maximum Gasteiger partial charge on any atom is 0.250 e. The number of pyridine rings is 1. The van der Waals surface area contributed by atoms with Crippen LogP contribution in [0.1, 0.15) is 12.8 Å². The van der Waals surface area contributed by atoms with Gasteiger partial charge in [-0.2, -0.15) is 0 Å². The minimum absolute atomic E-state index is 0.0448. The van der Waals surface area contributed by atoms with E-state index in [0.717, 1.165) is 25.9 Å². The number of rotatable bonds is 5. The molecule has 0 radical (unpaired) electrons. The molecule has 0 unspecified atom stereocenters. The van der Waals surface area contributed by atoms with Crippen molar-refractivity contribution in [1.82, 2.24) is 9.88 Å². The van der Waals surface area contributed by atoms with Crippen molar-refractivity contribution < 1.29 is 5.11 Å². The zero-order chi connectivity index (χ0) is 11.4. The lowest BCUT2D eigenvalue weighted by Gasteiger charge is -2.31. The van der Waals surface area contributed by atoms with Crippen LogP contribution in [0.3, 0.4) is 0 Å². The molecule has 1 aromatic heterocycles. The van der Waals surface area contributed by atoms with E-state index in [1.807, 2.05) is 6.07 Å². The Balaban J connectivity index is 1.65. The van der Waals surface area contributed by atoms with Gasteiger partial charge in [0.2, 0.25) is 0 Å². The number of nitrogens with zero attached hydrogens (tertiary/aromatic N) is 1. The van der Waals surface area contributed by atoms with Gasteiger partial charge in [-0.25, -0.2) is 0 Å². The normalized spacial score (nSPS) is 24.1. The van der Waals surface area contributed by atoms with Crippen LogP contribution in [0.2, 0.25) is 0 Å². The average molecular weight is 222 g/mol. The molecule has 0 bridgehead atoms. The van der Waals surface area contributed by atoms with Crippen LogP contribution in [0, 0.1) is 5.92 Å². The van der Waals surface area contributed by atoms with Gasteiger partial charge in [-0.3, -0.25) is 4.79 Å². The molecule has 1 aliphatic rings. The van der Waals surface area contributed by atoms with E-state index in [0.29, 0.717) is 12.5 Å². The van der Waals surface area contributed by atoms with Crippen molar-refractivity contribution in [1.29, 1.82) is 0 Å². The topological polar surface area (TPSA) is 54.3 Å². The maximum absolute atomic E-state index is 11.4. The van der Waals surface area contributed by atoms with Gasteiger partial charge in [0, 0.05) is 25.4 Å². The molecular weight excluding hydrogens is 204 g/mol. The SMILES string of the molecule is O=c1ccccn1CCNCC1CC(O)C1. The highest BCUT2D eigenvalue weighted by Crippen LogP contribution is 2.25. The van der Waals surface area contributed by atoms with Crippen molar-refractivity contribution in [2.75, 3.05) is 13.1 Å². The molecule has 0 atom stereocenters. The first-order valence-corrected chi connectivity index (χ1v) is 5.80. The first-order valence-electron chi connectivity index (χ1n) is 5.80. The summed E-state index contributed by atoms with van der Waals surface area (Å²) in [6.45, 7) is 2.45. The van der Waals surface area contributed by atoms with Gasteiger partial charge in [0.15, 0.2) is 0 Å². The van der Waals surface area contributed by atoms with E-state index in [4.69, 9.17) is 5.11 Å². The molecule has 2 N–H and O–H groups in total. The Hall–Kier alpha value is -1.13. The van der Waals surface area contributed by atoms with Crippen LogP contribution >= 0.6 is 0 Å². The summed E-state index contributed by atoms with van der Waals surface area (Å²) in [7, 11) is 0. The van der Waals surface area contributed by atoms with E-state index in [2.05, 4.69) is 5.32 Å². The van der Waals surface area contributed by atoms with Crippen LogP contribution in [0.5, 0.6) is 0 Å². The highest BCUT2D eigenvalue weighted by atomic mass is 16.3. The lowest BCUT2D eigenvalue weighted by molar-refractivity contribution is 0.0431. The van der Waals surface area contributed by atoms with Gasteiger partial charge in [-0.1, -0.05) is 6.07 Å². The second-order valence-electron chi connectivity index (χ2n) is 4.43. The number of hydrogen-bond acceptors (Lipinski definition) is 3. The quantitative estimate of drug-likeness (QED) is 0.700. The summed E-state index contributed by atoms with van der Waals surface area (Å²) in [6, 6.07) is 5.19. The van der Waals surface area contributed by atoms with Gasteiger partial charge in [-0.05, 0) is 31.4 Å². The fourth-order valence-corrected chi connectivity index (χ4v) is 2.02. The van der Waals surface area contributed by atoms with Gasteiger partial charge in [-0.15, -0.1) is 0 Å². The number of aromatic nitrogens is 1. The van der Waals surface area contributed by atoms with Gasteiger partial charge in [0.05, 0.1) is 6.10 Å². The van der Waals surface area contributed by atoms with Gasteiger partial charge >= 0.3 is 0 Å². The lowest BCUT2D eigenvalue weighted by Crippen LogP contribution is -2.37. The molecule has 1 saturated carbocycles. The van der Waals surface area contributed by atoms with Crippen LogP contribution in [0.25, 0.3) is 0 Å². The summed E-state index contributed by atoms with van der Waals surface area (Å²) < 4.78 is 1.70. The number of hydrogen-bond donors (Lipinski definition) is 2. The first-order chi connectivity index (χ1) is 7.75. The largest absolute Gasteiger partial charge is 0.393 e. The Morgan fingerprint density at radius 1 is 1.44 bits per heavy atom. The van der Waals surface area contributed by atoms with Crippen molar-refractivity contribution >= 4 is 0 Å². The zero-order valence-electron chi connectivity index (χ0n) is 9.30. The van der Waals surface area contributed by atoms with Crippen LogP contribution in [-0.2, 0) is 6.54 Å². The van der Waals surface area contributed by atoms with Gasteiger partial charge < -0.3 is 15.0 Å². The molecule has 1 fully saturated rings. The molecule has 4 heteroatoms. The monoisotopic (exact) mass is 222 g/mol. The predicted octanol–water partition coefficient (Wildman–Crippen LogP) is 0.209. The van der Waals surface area contributed by atoms with Crippen LogP contribution < -0.4 is 10.9 Å². The third-order valence-electron chi connectivity index (χ3n) is 3.07. The molecule has 0 amide bonds. The minimum atomic E-state index is -0.0801.